The van der Waals surface area contributed by atoms with Crippen molar-refractivity contribution in [2.75, 3.05) is 11.9 Å². The molecule has 3 N–H and O–H groups in total. The number of phenols is 1. The molecule has 0 unspecified atom stereocenters. The van der Waals surface area contributed by atoms with Gasteiger partial charge in [-0.1, -0.05) is 19.3 Å². The molecule has 0 aromatic heterocycles. The largest absolute Gasteiger partial charge is 0.508 e. The Bertz CT molecular complexity index is 383. The SMILES string of the molecule is O=C(NCC1CCCCC1)Nc1ccc(O)cc1. The third-order valence-electron chi connectivity index (χ3n) is 3.40. The number of hydrogen-bond acceptors (Lipinski definition) is 2. The lowest BCUT2D eigenvalue weighted by molar-refractivity contribution is 0.247. The van der Waals surface area contributed by atoms with Gasteiger partial charge in [0.05, 0.1) is 0 Å². The summed E-state index contributed by atoms with van der Waals surface area (Å²) < 4.78 is 0. The average Bonchev–Trinajstić information content (AvgIpc) is 2.40. The Morgan fingerprint density at radius 1 is 1.17 bits per heavy atom. The van der Waals surface area contributed by atoms with Crippen LogP contribution in [0.5, 0.6) is 5.75 Å². The first-order valence-electron chi connectivity index (χ1n) is 6.58. The first kappa shape index (κ1) is 12.7. The number of benzene rings is 1. The van der Waals surface area contributed by atoms with Crippen LogP contribution in [-0.2, 0) is 0 Å². The van der Waals surface area contributed by atoms with Gasteiger partial charge in [0.2, 0.25) is 0 Å². The van der Waals surface area contributed by atoms with Crippen molar-refractivity contribution in [3.63, 3.8) is 0 Å². The van der Waals surface area contributed by atoms with Crippen molar-refractivity contribution < 1.29 is 9.90 Å². The summed E-state index contributed by atoms with van der Waals surface area (Å²) in [6, 6.07) is 6.28. The van der Waals surface area contributed by atoms with Crippen LogP contribution < -0.4 is 10.6 Å². The van der Waals surface area contributed by atoms with Gasteiger partial charge in [-0.05, 0) is 43.0 Å². The normalized spacial score (nSPS) is 16.2. The van der Waals surface area contributed by atoms with Crippen molar-refractivity contribution >= 4 is 11.7 Å². The van der Waals surface area contributed by atoms with Gasteiger partial charge >= 0.3 is 6.03 Å². The summed E-state index contributed by atoms with van der Waals surface area (Å²) in [4.78, 5) is 11.7. The van der Waals surface area contributed by atoms with Crippen LogP contribution in [0.4, 0.5) is 10.5 Å². The summed E-state index contributed by atoms with van der Waals surface area (Å²) >= 11 is 0. The Morgan fingerprint density at radius 2 is 1.83 bits per heavy atom. The highest BCUT2D eigenvalue weighted by Crippen LogP contribution is 2.22. The molecule has 0 heterocycles. The Morgan fingerprint density at radius 3 is 2.50 bits per heavy atom. The number of hydrogen-bond donors (Lipinski definition) is 3. The number of urea groups is 1. The lowest BCUT2D eigenvalue weighted by atomic mass is 9.89. The Labute approximate surface area is 107 Å². The molecule has 0 saturated heterocycles. The number of amides is 2. The monoisotopic (exact) mass is 248 g/mol. The van der Waals surface area contributed by atoms with Crippen molar-refractivity contribution in [2.24, 2.45) is 5.92 Å². The van der Waals surface area contributed by atoms with Crippen LogP contribution in [0.3, 0.4) is 0 Å². The predicted octanol–water partition coefficient (Wildman–Crippen LogP) is 3.09. The first-order chi connectivity index (χ1) is 8.74. The maximum Gasteiger partial charge on any atom is 0.319 e. The zero-order valence-electron chi connectivity index (χ0n) is 10.5. The molecule has 1 aromatic carbocycles. The molecule has 4 nitrogen and oxygen atoms in total. The van der Waals surface area contributed by atoms with Gasteiger partial charge in [-0.3, -0.25) is 0 Å². The van der Waals surface area contributed by atoms with E-state index < -0.39 is 0 Å². The van der Waals surface area contributed by atoms with Gasteiger partial charge in [-0.2, -0.15) is 0 Å². The number of aromatic hydroxyl groups is 1. The minimum Gasteiger partial charge on any atom is -0.508 e. The molecule has 1 saturated carbocycles. The molecule has 0 aliphatic heterocycles. The van der Waals surface area contributed by atoms with Crippen molar-refractivity contribution in [1.82, 2.24) is 5.32 Å². The molecule has 1 fully saturated rings. The van der Waals surface area contributed by atoms with Gasteiger partial charge in [0, 0.05) is 12.2 Å². The molecule has 2 amide bonds. The number of anilines is 1. The van der Waals surface area contributed by atoms with E-state index in [-0.39, 0.29) is 11.8 Å². The maximum atomic E-state index is 11.7. The van der Waals surface area contributed by atoms with E-state index in [9.17, 15) is 4.79 Å². The first-order valence-corrected chi connectivity index (χ1v) is 6.58. The molecule has 4 heteroatoms. The van der Waals surface area contributed by atoms with Gasteiger partial charge in [-0.25, -0.2) is 4.79 Å². The van der Waals surface area contributed by atoms with E-state index in [1.54, 1.807) is 24.3 Å². The van der Waals surface area contributed by atoms with Crippen molar-refractivity contribution in [3.05, 3.63) is 24.3 Å². The number of phenolic OH excluding ortho intramolecular Hbond substituents is 1. The molecule has 0 atom stereocenters. The lowest BCUT2D eigenvalue weighted by Gasteiger charge is -2.21. The highest BCUT2D eigenvalue weighted by Gasteiger charge is 2.14. The van der Waals surface area contributed by atoms with Crippen LogP contribution in [0.2, 0.25) is 0 Å². The topological polar surface area (TPSA) is 61.4 Å². The number of carbonyl (C=O) groups excluding carboxylic acids is 1. The van der Waals surface area contributed by atoms with Crippen LogP contribution in [0, 0.1) is 5.92 Å². The van der Waals surface area contributed by atoms with Gasteiger partial charge in [-0.15, -0.1) is 0 Å². The molecular formula is C14H20N2O2. The molecule has 1 aliphatic carbocycles. The summed E-state index contributed by atoms with van der Waals surface area (Å²) in [6.45, 7) is 0.754. The van der Waals surface area contributed by atoms with Crippen LogP contribution in [0.1, 0.15) is 32.1 Å². The van der Waals surface area contributed by atoms with E-state index in [4.69, 9.17) is 5.11 Å². The molecule has 0 radical (unpaired) electrons. The van der Waals surface area contributed by atoms with Crippen LogP contribution in [0.25, 0.3) is 0 Å². The van der Waals surface area contributed by atoms with Crippen LogP contribution in [-0.4, -0.2) is 17.7 Å². The molecule has 0 spiro atoms. The smallest absolute Gasteiger partial charge is 0.319 e. The number of carbonyl (C=O) groups is 1. The fourth-order valence-electron chi connectivity index (χ4n) is 2.35. The van der Waals surface area contributed by atoms with Crippen molar-refractivity contribution in [3.8, 4) is 5.75 Å². The van der Waals surface area contributed by atoms with Crippen LogP contribution >= 0.6 is 0 Å². The van der Waals surface area contributed by atoms with E-state index in [0.717, 1.165) is 6.54 Å². The Hall–Kier alpha value is -1.71. The fourth-order valence-corrected chi connectivity index (χ4v) is 2.35. The summed E-state index contributed by atoms with van der Waals surface area (Å²) in [7, 11) is 0. The highest BCUT2D eigenvalue weighted by molar-refractivity contribution is 5.89. The minimum absolute atomic E-state index is 0.175. The summed E-state index contributed by atoms with van der Waals surface area (Å²) in [5, 5.41) is 14.8. The van der Waals surface area contributed by atoms with Crippen molar-refractivity contribution in [2.45, 2.75) is 32.1 Å². The second-order valence-corrected chi connectivity index (χ2v) is 4.89. The van der Waals surface area contributed by atoms with Crippen LogP contribution in [0.15, 0.2) is 24.3 Å². The molecule has 1 aliphatic rings. The third-order valence-corrected chi connectivity index (χ3v) is 3.40. The van der Waals surface area contributed by atoms with Gasteiger partial charge in [0.15, 0.2) is 0 Å². The minimum atomic E-state index is -0.175. The lowest BCUT2D eigenvalue weighted by Crippen LogP contribution is -2.33. The molecule has 1 aromatic rings. The van der Waals surface area contributed by atoms with Gasteiger partial charge < -0.3 is 15.7 Å². The van der Waals surface area contributed by atoms with Gasteiger partial charge in [0.25, 0.3) is 0 Å². The molecule has 18 heavy (non-hydrogen) atoms. The third kappa shape index (κ3) is 3.95. The zero-order chi connectivity index (χ0) is 12.8. The zero-order valence-corrected chi connectivity index (χ0v) is 10.5. The standard InChI is InChI=1S/C14H20N2O2/c17-13-8-6-12(7-9-13)16-14(18)15-10-11-4-2-1-3-5-11/h6-9,11,17H,1-5,10H2,(H2,15,16,18). The number of rotatable bonds is 3. The molecule has 0 bridgehead atoms. The molecule has 2 rings (SSSR count). The summed E-state index contributed by atoms with van der Waals surface area (Å²) in [5.41, 5.74) is 0.689. The Balaban J connectivity index is 1.73. The predicted molar refractivity (Wildman–Crippen MR) is 71.7 cm³/mol. The second-order valence-electron chi connectivity index (χ2n) is 4.89. The van der Waals surface area contributed by atoms with E-state index in [2.05, 4.69) is 10.6 Å². The highest BCUT2D eigenvalue weighted by atomic mass is 16.3. The summed E-state index contributed by atoms with van der Waals surface area (Å²) in [5.74, 6) is 0.826. The van der Waals surface area contributed by atoms with Crippen molar-refractivity contribution in [1.29, 1.82) is 0 Å². The quantitative estimate of drug-likeness (QED) is 0.720. The second kappa shape index (κ2) is 6.28. The van der Waals surface area contributed by atoms with E-state index in [0.29, 0.717) is 11.6 Å². The van der Waals surface area contributed by atoms with E-state index in [1.807, 2.05) is 0 Å². The maximum absolute atomic E-state index is 11.7. The number of nitrogens with one attached hydrogen (secondary N) is 2. The summed E-state index contributed by atoms with van der Waals surface area (Å²) in [6.07, 6.45) is 6.34. The molecular weight excluding hydrogens is 228 g/mol. The average molecular weight is 248 g/mol. The van der Waals surface area contributed by atoms with Gasteiger partial charge in [0.1, 0.15) is 5.75 Å². The van der Waals surface area contributed by atoms with E-state index >= 15 is 0 Å². The van der Waals surface area contributed by atoms with E-state index in [1.165, 1.54) is 32.1 Å². The Kier molecular flexibility index (Phi) is 4.45. The molecule has 98 valence electrons. The fraction of sp³-hybridized carbons (Fsp3) is 0.500.